The molecule has 0 bridgehead atoms. The highest BCUT2D eigenvalue weighted by molar-refractivity contribution is 5.90. The Morgan fingerprint density at radius 3 is 2.48 bits per heavy atom. The molecule has 2 rings (SSSR count). The number of primary amides is 1. The fourth-order valence-corrected chi connectivity index (χ4v) is 2.64. The Hall–Kier alpha value is -1.88. The molecular weight excluding hydrogens is 266 g/mol. The minimum Gasteiger partial charge on any atom is -0.369 e. The first-order chi connectivity index (χ1) is 10.1. The van der Waals surface area contributed by atoms with Crippen LogP contribution in [0.3, 0.4) is 0 Å². The summed E-state index contributed by atoms with van der Waals surface area (Å²) in [7, 11) is 0. The van der Waals surface area contributed by atoms with Gasteiger partial charge >= 0.3 is 0 Å². The number of nitrogens with one attached hydrogen (secondary N) is 2. The maximum absolute atomic E-state index is 11.9. The molecule has 0 aromatic heterocycles. The Bertz CT molecular complexity index is 479. The zero-order valence-corrected chi connectivity index (χ0v) is 12.2. The number of carbonyl (C=O) groups is 2. The SMILES string of the molecule is NC(=O)Cc1ccc(NC(=O)CCC2CCNCC2)cc1. The number of carbonyl (C=O) groups excluding carboxylic acids is 2. The molecule has 5 heteroatoms. The van der Waals surface area contributed by atoms with E-state index in [0.717, 1.165) is 43.6 Å². The van der Waals surface area contributed by atoms with Gasteiger partial charge in [0.25, 0.3) is 0 Å². The lowest BCUT2D eigenvalue weighted by molar-refractivity contribution is -0.117. The maximum Gasteiger partial charge on any atom is 0.224 e. The van der Waals surface area contributed by atoms with Gasteiger partial charge in [-0.05, 0) is 56.0 Å². The highest BCUT2D eigenvalue weighted by atomic mass is 16.1. The van der Waals surface area contributed by atoms with Crippen molar-refractivity contribution in [3.05, 3.63) is 29.8 Å². The number of hydrogen-bond donors (Lipinski definition) is 3. The summed E-state index contributed by atoms with van der Waals surface area (Å²) in [4.78, 5) is 22.7. The predicted octanol–water partition coefficient (Wildman–Crippen LogP) is 1.43. The Morgan fingerprint density at radius 1 is 1.19 bits per heavy atom. The summed E-state index contributed by atoms with van der Waals surface area (Å²) in [5.41, 5.74) is 6.76. The number of hydrogen-bond acceptors (Lipinski definition) is 3. The van der Waals surface area contributed by atoms with Crippen molar-refractivity contribution < 1.29 is 9.59 Å². The van der Waals surface area contributed by atoms with Crippen LogP contribution in [0.25, 0.3) is 0 Å². The fraction of sp³-hybridized carbons (Fsp3) is 0.500. The number of piperidine rings is 1. The molecule has 2 amide bonds. The van der Waals surface area contributed by atoms with Crippen LogP contribution in [0.15, 0.2) is 24.3 Å². The molecule has 0 saturated carbocycles. The lowest BCUT2D eigenvalue weighted by Crippen LogP contribution is -2.28. The third kappa shape index (κ3) is 5.55. The first kappa shape index (κ1) is 15.5. The van der Waals surface area contributed by atoms with E-state index in [0.29, 0.717) is 12.3 Å². The highest BCUT2D eigenvalue weighted by Crippen LogP contribution is 2.18. The molecule has 0 unspecified atom stereocenters. The van der Waals surface area contributed by atoms with Gasteiger partial charge in [0.05, 0.1) is 6.42 Å². The van der Waals surface area contributed by atoms with Crippen molar-refractivity contribution in [3.8, 4) is 0 Å². The van der Waals surface area contributed by atoms with Crippen LogP contribution in [0.2, 0.25) is 0 Å². The Morgan fingerprint density at radius 2 is 1.86 bits per heavy atom. The molecule has 0 aliphatic carbocycles. The summed E-state index contributed by atoms with van der Waals surface area (Å²) < 4.78 is 0. The summed E-state index contributed by atoms with van der Waals surface area (Å²) in [5, 5.41) is 6.22. The second-order valence-electron chi connectivity index (χ2n) is 5.62. The molecule has 114 valence electrons. The van der Waals surface area contributed by atoms with Gasteiger partial charge in [0.1, 0.15) is 0 Å². The van der Waals surface area contributed by atoms with Crippen LogP contribution in [0.1, 0.15) is 31.2 Å². The van der Waals surface area contributed by atoms with Crippen molar-refractivity contribution >= 4 is 17.5 Å². The molecule has 5 nitrogen and oxygen atoms in total. The van der Waals surface area contributed by atoms with E-state index in [1.807, 2.05) is 12.1 Å². The lowest BCUT2D eigenvalue weighted by atomic mass is 9.93. The zero-order chi connectivity index (χ0) is 15.1. The molecule has 1 fully saturated rings. The molecular formula is C16H23N3O2. The van der Waals surface area contributed by atoms with Gasteiger partial charge in [0, 0.05) is 12.1 Å². The number of benzene rings is 1. The standard InChI is InChI=1S/C16H23N3O2/c17-15(20)11-13-1-4-14(5-2-13)19-16(21)6-3-12-7-9-18-10-8-12/h1-2,4-5,12,18H,3,6-11H2,(H2,17,20)(H,19,21). The predicted molar refractivity (Wildman–Crippen MR) is 82.8 cm³/mol. The largest absolute Gasteiger partial charge is 0.369 e. The van der Waals surface area contributed by atoms with Crippen LogP contribution in [0.5, 0.6) is 0 Å². The van der Waals surface area contributed by atoms with Gasteiger partial charge in [-0.3, -0.25) is 9.59 Å². The van der Waals surface area contributed by atoms with Gasteiger partial charge in [0.15, 0.2) is 0 Å². The molecule has 1 saturated heterocycles. The molecule has 0 spiro atoms. The molecule has 4 N–H and O–H groups in total. The van der Waals surface area contributed by atoms with E-state index >= 15 is 0 Å². The van der Waals surface area contributed by atoms with Crippen molar-refractivity contribution in [2.24, 2.45) is 11.7 Å². The molecule has 1 heterocycles. The number of nitrogens with two attached hydrogens (primary N) is 1. The smallest absolute Gasteiger partial charge is 0.224 e. The summed E-state index contributed by atoms with van der Waals surface area (Å²) in [5.74, 6) is 0.361. The van der Waals surface area contributed by atoms with E-state index in [9.17, 15) is 9.59 Å². The summed E-state index contributed by atoms with van der Waals surface area (Å²) in [6, 6.07) is 7.24. The second-order valence-corrected chi connectivity index (χ2v) is 5.62. The second kappa shape index (κ2) is 7.78. The first-order valence-corrected chi connectivity index (χ1v) is 7.51. The topological polar surface area (TPSA) is 84.2 Å². The van der Waals surface area contributed by atoms with Crippen molar-refractivity contribution in [2.75, 3.05) is 18.4 Å². The van der Waals surface area contributed by atoms with Crippen molar-refractivity contribution in [2.45, 2.75) is 32.1 Å². The van der Waals surface area contributed by atoms with Gasteiger partial charge in [-0.15, -0.1) is 0 Å². The van der Waals surface area contributed by atoms with E-state index < -0.39 is 0 Å². The molecule has 1 aromatic rings. The van der Waals surface area contributed by atoms with Crippen LogP contribution < -0.4 is 16.4 Å². The number of amides is 2. The monoisotopic (exact) mass is 289 g/mol. The summed E-state index contributed by atoms with van der Waals surface area (Å²) in [6.07, 6.45) is 4.06. The molecule has 0 atom stereocenters. The molecule has 1 aliphatic rings. The fourth-order valence-electron chi connectivity index (χ4n) is 2.64. The van der Waals surface area contributed by atoms with Crippen LogP contribution in [0, 0.1) is 5.92 Å². The van der Waals surface area contributed by atoms with Crippen LogP contribution in [-0.4, -0.2) is 24.9 Å². The molecule has 21 heavy (non-hydrogen) atoms. The average Bonchev–Trinajstić information content (AvgIpc) is 2.48. The third-order valence-electron chi connectivity index (χ3n) is 3.85. The average molecular weight is 289 g/mol. The minimum absolute atomic E-state index is 0.0520. The van der Waals surface area contributed by atoms with Crippen molar-refractivity contribution in [1.82, 2.24) is 5.32 Å². The highest BCUT2D eigenvalue weighted by Gasteiger charge is 2.14. The summed E-state index contributed by atoms with van der Waals surface area (Å²) >= 11 is 0. The van der Waals surface area contributed by atoms with Crippen LogP contribution >= 0.6 is 0 Å². The van der Waals surface area contributed by atoms with Gasteiger partial charge < -0.3 is 16.4 Å². The quantitative estimate of drug-likeness (QED) is 0.740. The first-order valence-electron chi connectivity index (χ1n) is 7.51. The summed E-state index contributed by atoms with van der Waals surface area (Å²) in [6.45, 7) is 2.13. The Balaban J connectivity index is 1.75. The molecule has 1 aromatic carbocycles. The third-order valence-corrected chi connectivity index (χ3v) is 3.85. The van der Waals surface area contributed by atoms with Crippen LogP contribution in [0.4, 0.5) is 5.69 Å². The minimum atomic E-state index is -0.353. The normalized spacial score (nSPS) is 15.6. The van der Waals surface area contributed by atoms with E-state index in [1.165, 1.54) is 0 Å². The van der Waals surface area contributed by atoms with Gasteiger partial charge in [-0.2, -0.15) is 0 Å². The van der Waals surface area contributed by atoms with E-state index in [1.54, 1.807) is 12.1 Å². The molecule has 0 radical (unpaired) electrons. The molecule has 1 aliphatic heterocycles. The van der Waals surface area contributed by atoms with Crippen molar-refractivity contribution in [1.29, 1.82) is 0 Å². The number of anilines is 1. The van der Waals surface area contributed by atoms with Gasteiger partial charge in [-0.25, -0.2) is 0 Å². The van der Waals surface area contributed by atoms with E-state index in [4.69, 9.17) is 5.73 Å². The van der Waals surface area contributed by atoms with Crippen LogP contribution in [-0.2, 0) is 16.0 Å². The Labute approximate surface area is 125 Å². The number of rotatable bonds is 6. The van der Waals surface area contributed by atoms with E-state index in [-0.39, 0.29) is 18.2 Å². The van der Waals surface area contributed by atoms with Crippen molar-refractivity contribution in [3.63, 3.8) is 0 Å². The van der Waals surface area contributed by atoms with Gasteiger partial charge in [0.2, 0.25) is 11.8 Å². The van der Waals surface area contributed by atoms with Gasteiger partial charge in [-0.1, -0.05) is 12.1 Å². The lowest BCUT2D eigenvalue weighted by Gasteiger charge is -2.22. The zero-order valence-electron chi connectivity index (χ0n) is 12.2. The van der Waals surface area contributed by atoms with E-state index in [2.05, 4.69) is 10.6 Å². The maximum atomic E-state index is 11.9. The Kier molecular flexibility index (Phi) is 5.75.